The molecule has 46 heavy (non-hydrogen) atoms. The van der Waals surface area contributed by atoms with Crippen LogP contribution in [0.25, 0.3) is 10.9 Å². The lowest BCUT2D eigenvalue weighted by molar-refractivity contribution is -0.135. The molecule has 4 aliphatic rings. The smallest absolute Gasteiger partial charge is 0.257 e. The zero-order valence-electron chi connectivity index (χ0n) is 26.4. The minimum Gasteiger partial charge on any atom is -0.490 e. The fourth-order valence-electron chi connectivity index (χ4n) is 7.25. The second-order valence-corrected chi connectivity index (χ2v) is 12.8. The molecule has 4 aromatic rings. The summed E-state index contributed by atoms with van der Waals surface area (Å²) in [6.45, 7) is 6.92. The van der Waals surface area contributed by atoms with Crippen LogP contribution in [-0.4, -0.2) is 88.2 Å². The summed E-state index contributed by atoms with van der Waals surface area (Å²) in [5.41, 5.74) is 3.62. The van der Waals surface area contributed by atoms with Gasteiger partial charge in [0.15, 0.2) is 11.5 Å². The Hall–Kier alpha value is -4.80. The fourth-order valence-corrected chi connectivity index (χ4v) is 7.25. The maximum atomic E-state index is 13.9. The van der Waals surface area contributed by atoms with Gasteiger partial charge in [-0.1, -0.05) is 37.3 Å². The maximum absolute atomic E-state index is 13.9. The Morgan fingerprint density at radius 3 is 2.85 bits per heavy atom. The van der Waals surface area contributed by atoms with E-state index in [4.69, 9.17) is 9.47 Å². The molecule has 4 aliphatic heterocycles. The predicted molar refractivity (Wildman–Crippen MR) is 172 cm³/mol. The molecular formula is C35H40N6O5. The lowest BCUT2D eigenvalue weighted by atomic mass is 9.73. The summed E-state index contributed by atoms with van der Waals surface area (Å²) < 4.78 is 14.5. The van der Waals surface area contributed by atoms with Crippen LogP contribution >= 0.6 is 0 Å². The first-order chi connectivity index (χ1) is 22.3. The fraction of sp³-hybridized carbons (Fsp3) is 0.429. The van der Waals surface area contributed by atoms with Crippen molar-refractivity contribution in [2.45, 2.75) is 45.6 Å². The second-order valence-electron chi connectivity index (χ2n) is 12.8. The van der Waals surface area contributed by atoms with Gasteiger partial charge in [0.1, 0.15) is 0 Å². The molecule has 2 aromatic carbocycles. The summed E-state index contributed by atoms with van der Waals surface area (Å²) in [5, 5.41) is 8.69. The van der Waals surface area contributed by atoms with Crippen LogP contribution in [-0.2, 0) is 22.6 Å². The quantitative estimate of drug-likeness (QED) is 0.350. The van der Waals surface area contributed by atoms with Crippen molar-refractivity contribution in [3.05, 3.63) is 77.2 Å². The Morgan fingerprint density at radius 2 is 1.98 bits per heavy atom. The molecule has 2 atom stereocenters. The second kappa shape index (κ2) is 12.2. The van der Waals surface area contributed by atoms with E-state index in [1.807, 2.05) is 71.4 Å². The number of hydrogen-bond donors (Lipinski definition) is 2. The maximum Gasteiger partial charge on any atom is 0.257 e. The molecule has 0 unspecified atom stereocenters. The van der Waals surface area contributed by atoms with E-state index in [0.29, 0.717) is 68.6 Å². The number of benzene rings is 2. The number of para-hydroxylation sites is 2. The highest BCUT2D eigenvalue weighted by molar-refractivity contribution is 5.95. The molecule has 0 saturated carbocycles. The van der Waals surface area contributed by atoms with Crippen LogP contribution in [0.4, 0.5) is 0 Å². The SMILES string of the molecule is CCCn1cc(C(=O)N2C[C@H]3c4cccc5c4OC[C@@]3(CNC(=O)CN(C(=O)Cc3c[nH]c4ccccc34)CCCO5)C2)c(C)n1. The number of H-pyrrole nitrogens is 1. The molecule has 1 saturated heterocycles. The van der Waals surface area contributed by atoms with Gasteiger partial charge in [-0.05, 0) is 37.5 Å². The largest absolute Gasteiger partial charge is 0.490 e. The van der Waals surface area contributed by atoms with Crippen LogP contribution in [0.15, 0.2) is 54.9 Å². The molecule has 4 bridgehead atoms. The molecule has 240 valence electrons. The van der Waals surface area contributed by atoms with Crippen molar-refractivity contribution in [2.75, 3.05) is 45.9 Å². The van der Waals surface area contributed by atoms with Gasteiger partial charge >= 0.3 is 0 Å². The van der Waals surface area contributed by atoms with Gasteiger partial charge in [0.05, 0.1) is 37.4 Å². The summed E-state index contributed by atoms with van der Waals surface area (Å²) in [5.74, 6) is 0.859. The molecule has 2 aromatic heterocycles. The van der Waals surface area contributed by atoms with E-state index in [1.165, 1.54) is 0 Å². The standard InChI is InChI=1S/C35H40N6O5/c1-3-12-41-17-27(23(2)38-41)34(44)40-18-28-26-9-6-11-30-33(26)46-22-35(28,21-40)20-37-31(42)19-39(13-7-14-45-30)32(43)15-24-16-36-29-10-5-4-8-25(24)29/h4-6,8-11,16-17,28,36H,3,7,12-15,18-22H2,1-2H3,(H,37,42)/t28-,35+/m0/s1. The van der Waals surface area contributed by atoms with Gasteiger partial charge in [0, 0.05) is 72.9 Å². The monoisotopic (exact) mass is 624 g/mol. The van der Waals surface area contributed by atoms with E-state index in [9.17, 15) is 14.4 Å². The molecular weight excluding hydrogens is 584 g/mol. The summed E-state index contributed by atoms with van der Waals surface area (Å²) in [6, 6.07) is 13.8. The number of nitrogens with zero attached hydrogens (tertiary/aromatic N) is 4. The van der Waals surface area contributed by atoms with Crippen LogP contribution < -0.4 is 14.8 Å². The van der Waals surface area contributed by atoms with E-state index < -0.39 is 5.41 Å². The predicted octanol–water partition coefficient (Wildman–Crippen LogP) is 3.67. The Labute approximate surface area is 267 Å². The van der Waals surface area contributed by atoms with Crippen molar-refractivity contribution in [1.82, 2.24) is 29.9 Å². The lowest BCUT2D eigenvalue weighted by Gasteiger charge is -2.40. The summed E-state index contributed by atoms with van der Waals surface area (Å²) in [6.07, 6.45) is 5.37. The highest BCUT2D eigenvalue weighted by Crippen LogP contribution is 2.52. The number of carbonyl (C=O) groups excluding carboxylic acids is 3. The Bertz CT molecular complexity index is 1790. The van der Waals surface area contributed by atoms with Crippen molar-refractivity contribution in [3.63, 3.8) is 0 Å². The topological polar surface area (TPSA) is 122 Å². The van der Waals surface area contributed by atoms with Crippen LogP contribution in [0.2, 0.25) is 0 Å². The molecule has 6 heterocycles. The summed E-state index contributed by atoms with van der Waals surface area (Å²) in [4.78, 5) is 47.7. The summed E-state index contributed by atoms with van der Waals surface area (Å²) >= 11 is 0. The van der Waals surface area contributed by atoms with Crippen molar-refractivity contribution in [2.24, 2.45) is 5.41 Å². The number of amides is 3. The van der Waals surface area contributed by atoms with Gasteiger partial charge in [-0.15, -0.1) is 0 Å². The normalized spacial score (nSPS) is 21.3. The van der Waals surface area contributed by atoms with Gasteiger partial charge in [-0.2, -0.15) is 5.10 Å². The van der Waals surface area contributed by atoms with Gasteiger partial charge in [0.25, 0.3) is 5.91 Å². The number of nitrogens with one attached hydrogen (secondary N) is 2. The first-order valence-corrected chi connectivity index (χ1v) is 16.2. The minimum atomic E-state index is -0.548. The van der Waals surface area contributed by atoms with E-state index >= 15 is 0 Å². The number of rotatable bonds is 5. The zero-order chi connectivity index (χ0) is 31.8. The lowest BCUT2D eigenvalue weighted by Crippen LogP contribution is -2.50. The van der Waals surface area contributed by atoms with Crippen molar-refractivity contribution >= 4 is 28.6 Å². The number of ether oxygens (including phenoxy) is 2. The number of aryl methyl sites for hydroxylation is 2. The molecule has 0 aliphatic carbocycles. The first-order valence-electron chi connectivity index (χ1n) is 16.2. The molecule has 11 nitrogen and oxygen atoms in total. The summed E-state index contributed by atoms with van der Waals surface area (Å²) in [7, 11) is 0. The van der Waals surface area contributed by atoms with Crippen LogP contribution in [0.1, 0.15) is 52.9 Å². The Morgan fingerprint density at radius 1 is 1.11 bits per heavy atom. The molecule has 0 radical (unpaired) electrons. The molecule has 3 amide bonds. The molecule has 1 spiro atoms. The van der Waals surface area contributed by atoms with Crippen molar-refractivity contribution < 1.29 is 23.9 Å². The molecule has 11 heteroatoms. The van der Waals surface area contributed by atoms with Crippen molar-refractivity contribution in [3.8, 4) is 11.5 Å². The van der Waals surface area contributed by atoms with Gasteiger partial charge in [-0.25, -0.2) is 0 Å². The van der Waals surface area contributed by atoms with Crippen molar-refractivity contribution in [1.29, 1.82) is 0 Å². The number of aromatic nitrogens is 3. The number of fused-ring (bicyclic) bond motifs is 10. The van der Waals surface area contributed by atoms with E-state index in [1.54, 1.807) is 4.90 Å². The number of hydrogen-bond acceptors (Lipinski definition) is 6. The highest BCUT2D eigenvalue weighted by Gasteiger charge is 2.53. The molecule has 8 rings (SSSR count). The average molecular weight is 625 g/mol. The van der Waals surface area contributed by atoms with E-state index in [2.05, 4.69) is 22.3 Å². The molecule has 2 N–H and O–H groups in total. The van der Waals surface area contributed by atoms with Gasteiger partial charge in [0.2, 0.25) is 11.8 Å². The number of aromatic amines is 1. The average Bonchev–Trinajstić information content (AvgIpc) is 3.76. The Kier molecular flexibility index (Phi) is 7.92. The molecule has 1 fully saturated rings. The van der Waals surface area contributed by atoms with E-state index in [0.717, 1.165) is 35.0 Å². The first kappa shape index (κ1) is 29.9. The number of carbonyl (C=O) groups is 3. The minimum absolute atomic E-state index is 0.0577. The van der Waals surface area contributed by atoms with Crippen LogP contribution in [0.3, 0.4) is 0 Å². The van der Waals surface area contributed by atoms with Crippen LogP contribution in [0, 0.1) is 12.3 Å². The van der Waals surface area contributed by atoms with Gasteiger partial charge in [-0.3, -0.25) is 19.1 Å². The third kappa shape index (κ3) is 5.48. The third-order valence-electron chi connectivity index (χ3n) is 9.62. The zero-order valence-corrected chi connectivity index (χ0v) is 26.4. The van der Waals surface area contributed by atoms with Crippen LogP contribution in [0.5, 0.6) is 11.5 Å². The Balaban J connectivity index is 1.14. The van der Waals surface area contributed by atoms with Gasteiger partial charge < -0.3 is 29.6 Å². The highest BCUT2D eigenvalue weighted by atomic mass is 16.5. The van der Waals surface area contributed by atoms with E-state index in [-0.39, 0.29) is 36.6 Å². The third-order valence-corrected chi connectivity index (χ3v) is 9.62. The number of likely N-dealkylation sites (tertiary alicyclic amines) is 1.